The first kappa shape index (κ1) is 15.2. The Bertz CT molecular complexity index is 604. The van der Waals surface area contributed by atoms with Crippen molar-refractivity contribution in [2.75, 3.05) is 11.9 Å². The molecule has 0 radical (unpaired) electrons. The van der Waals surface area contributed by atoms with Crippen molar-refractivity contribution < 1.29 is 19.2 Å². The second-order valence-electron chi connectivity index (χ2n) is 4.89. The molecule has 1 saturated carbocycles. The van der Waals surface area contributed by atoms with Gasteiger partial charge in [0.05, 0.1) is 10.8 Å². The highest BCUT2D eigenvalue weighted by atomic mass is 35.5. The number of hydrogen-bond donors (Lipinski definition) is 1. The number of halogens is 1. The highest BCUT2D eigenvalue weighted by Crippen LogP contribution is 2.38. The van der Waals surface area contributed by atoms with Gasteiger partial charge in [0.15, 0.2) is 6.61 Å². The van der Waals surface area contributed by atoms with E-state index >= 15 is 0 Å². The molecule has 1 aliphatic carbocycles. The van der Waals surface area contributed by atoms with Crippen LogP contribution in [0.1, 0.15) is 13.3 Å². The molecule has 0 unspecified atom stereocenters. The van der Waals surface area contributed by atoms with E-state index in [-0.39, 0.29) is 28.2 Å². The average Bonchev–Trinajstić information content (AvgIpc) is 3.13. The summed E-state index contributed by atoms with van der Waals surface area (Å²) in [6.45, 7) is 1.44. The first-order valence-corrected chi connectivity index (χ1v) is 6.66. The number of esters is 1. The monoisotopic (exact) mass is 312 g/mol. The SMILES string of the molecule is C[C@H]1C[C@@H]1C(=O)OCC(=O)Nc1cc(Cl)ccc1[N+](=O)[O-]. The van der Waals surface area contributed by atoms with Crippen LogP contribution in [0.5, 0.6) is 0 Å². The van der Waals surface area contributed by atoms with Crippen LogP contribution in [-0.4, -0.2) is 23.4 Å². The highest BCUT2D eigenvalue weighted by molar-refractivity contribution is 6.31. The van der Waals surface area contributed by atoms with Gasteiger partial charge in [0, 0.05) is 11.1 Å². The van der Waals surface area contributed by atoms with Crippen molar-refractivity contribution in [2.24, 2.45) is 11.8 Å². The molecule has 1 aromatic carbocycles. The van der Waals surface area contributed by atoms with E-state index < -0.39 is 23.4 Å². The van der Waals surface area contributed by atoms with Gasteiger partial charge in [-0.25, -0.2) is 0 Å². The number of carbonyl (C=O) groups excluding carboxylic acids is 2. The largest absolute Gasteiger partial charge is 0.455 e. The maximum Gasteiger partial charge on any atom is 0.309 e. The lowest BCUT2D eigenvalue weighted by Crippen LogP contribution is -2.22. The van der Waals surface area contributed by atoms with Crippen molar-refractivity contribution in [3.05, 3.63) is 33.3 Å². The number of ether oxygens (including phenoxy) is 1. The van der Waals surface area contributed by atoms with Gasteiger partial charge in [-0.1, -0.05) is 18.5 Å². The molecule has 2 atom stereocenters. The van der Waals surface area contributed by atoms with Gasteiger partial charge in [-0.05, 0) is 24.5 Å². The van der Waals surface area contributed by atoms with Gasteiger partial charge in [-0.15, -0.1) is 0 Å². The average molecular weight is 313 g/mol. The molecule has 0 heterocycles. The molecule has 0 aliphatic heterocycles. The summed E-state index contributed by atoms with van der Waals surface area (Å²) < 4.78 is 4.85. The molecule has 1 N–H and O–H groups in total. The fraction of sp³-hybridized carbons (Fsp3) is 0.385. The number of amides is 1. The minimum absolute atomic E-state index is 0.0339. The van der Waals surface area contributed by atoms with Gasteiger partial charge >= 0.3 is 5.97 Å². The molecule has 0 saturated heterocycles. The van der Waals surface area contributed by atoms with Gasteiger partial charge in [-0.2, -0.15) is 0 Å². The van der Waals surface area contributed by atoms with Crippen molar-refractivity contribution in [3.63, 3.8) is 0 Å². The molecule has 21 heavy (non-hydrogen) atoms. The van der Waals surface area contributed by atoms with E-state index in [9.17, 15) is 19.7 Å². The number of nitrogens with one attached hydrogen (secondary N) is 1. The molecule has 0 spiro atoms. The Morgan fingerprint density at radius 3 is 2.76 bits per heavy atom. The number of anilines is 1. The number of rotatable bonds is 5. The number of nitro groups is 1. The normalized spacial score (nSPS) is 19.7. The lowest BCUT2D eigenvalue weighted by atomic mass is 10.2. The Balaban J connectivity index is 1.94. The topological polar surface area (TPSA) is 98.5 Å². The number of benzene rings is 1. The number of nitro benzene ring substituents is 1. The Morgan fingerprint density at radius 2 is 2.19 bits per heavy atom. The van der Waals surface area contributed by atoms with E-state index in [0.717, 1.165) is 6.42 Å². The smallest absolute Gasteiger partial charge is 0.309 e. The van der Waals surface area contributed by atoms with Crippen LogP contribution in [0.4, 0.5) is 11.4 Å². The van der Waals surface area contributed by atoms with Gasteiger partial charge in [0.1, 0.15) is 5.69 Å². The van der Waals surface area contributed by atoms with E-state index in [4.69, 9.17) is 16.3 Å². The molecule has 1 fully saturated rings. The maximum atomic E-state index is 11.7. The van der Waals surface area contributed by atoms with Crippen LogP contribution >= 0.6 is 11.6 Å². The van der Waals surface area contributed by atoms with Gasteiger partial charge in [-0.3, -0.25) is 19.7 Å². The van der Waals surface area contributed by atoms with E-state index in [2.05, 4.69) is 5.32 Å². The fourth-order valence-electron chi connectivity index (χ4n) is 1.85. The Morgan fingerprint density at radius 1 is 1.52 bits per heavy atom. The molecule has 112 valence electrons. The summed E-state index contributed by atoms with van der Waals surface area (Å²) in [5.74, 6) is -0.923. The third-order valence-electron chi connectivity index (χ3n) is 3.19. The lowest BCUT2D eigenvalue weighted by molar-refractivity contribution is -0.383. The molecule has 1 aliphatic rings. The Labute approximate surface area is 125 Å². The van der Waals surface area contributed by atoms with Crippen LogP contribution < -0.4 is 5.32 Å². The molecule has 1 aromatic rings. The summed E-state index contributed by atoms with van der Waals surface area (Å²) in [4.78, 5) is 33.3. The molecule has 7 nitrogen and oxygen atoms in total. The second kappa shape index (κ2) is 6.09. The van der Waals surface area contributed by atoms with Crippen molar-refractivity contribution in [3.8, 4) is 0 Å². The molecular weight excluding hydrogens is 300 g/mol. The number of carbonyl (C=O) groups is 2. The molecule has 1 amide bonds. The van der Waals surface area contributed by atoms with Crippen molar-refractivity contribution >= 4 is 34.9 Å². The predicted octanol–water partition coefficient (Wildman–Crippen LogP) is 2.39. The Kier molecular flexibility index (Phi) is 4.42. The van der Waals surface area contributed by atoms with E-state index in [0.29, 0.717) is 0 Å². The summed E-state index contributed by atoms with van der Waals surface area (Å²) in [6, 6.07) is 3.81. The third kappa shape index (κ3) is 3.91. The molecule has 0 aromatic heterocycles. The van der Waals surface area contributed by atoms with E-state index in [1.165, 1.54) is 18.2 Å². The first-order chi connectivity index (χ1) is 9.88. The van der Waals surface area contributed by atoms with Crippen molar-refractivity contribution in [1.82, 2.24) is 0 Å². The van der Waals surface area contributed by atoms with Crippen molar-refractivity contribution in [1.29, 1.82) is 0 Å². The summed E-state index contributed by atoms with van der Waals surface area (Å²) >= 11 is 5.74. The van der Waals surface area contributed by atoms with Crippen LogP contribution in [0.3, 0.4) is 0 Å². The summed E-state index contributed by atoms with van der Waals surface area (Å²) in [5.41, 5.74) is -0.316. The zero-order chi connectivity index (χ0) is 15.6. The third-order valence-corrected chi connectivity index (χ3v) is 3.42. The second-order valence-corrected chi connectivity index (χ2v) is 5.33. The molecule has 0 bridgehead atoms. The maximum absolute atomic E-state index is 11.7. The summed E-state index contributed by atoms with van der Waals surface area (Å²) in [6.07, 6.45) is 0.764. The van der Waals surface area contributed by atoms with Crippen LogP contribution in [0.15, 0.2) is 18.2 Å². The summed E-state index contributed by atoms with van der Waals surface area (Å²) in [7, 11) is 0. The fourth-order valence-corrected chi connectivity index (χ4v) is 2.02. The minimum atomic E-state index is -0.651. The highest BCUT2D eigenvalue weighted by Gasteiger charge is 2.40. The zero-order valence-electron chi connectivity index (χ0n) is 11.2. The van der Waals surface area contributed by atoms with Gasteiger partial charge in [0.25, 0.3) is 11.6 Å². The van der Waals surface area contributed by atoms with E-state index in [1.54, 1.807) is 0 Å². The van der Waals surface area contributed by atoms with E-state index in [1.807, 2.05) is 6.92 Å². The van der Waals surface area contributed by atoms with Crippen LogP contribution in [0.25, 0.3) is 0 Å². The number of nitrogens with zero attached hydrogens (tertiary/aromatic N) is 1. The zero-order valence-corrected chi connectivity index (χ0v) is 11.9. The Hall–Kier alpha value is -2.15. The van der Waals surface area contributed by atoms with Crippen molar-refractivity contribution in [2.45, 2.75) is 13.3 Å². The van der Waals surface area contributed by atoms with Crippen LogP contribution in [0.2, 0.25) is 5.02 Å². The molecular formula is C13H13ClN2O5. The summed E-state index contributed by atoms with van der Waals surface area (Å²) in [5, 5.41) is 13.4. The minimum Gasteiger partial charge on any atom is -0.455 e. The predicted molar refractivity (Wildman–Crippen MR) is 75.0 cm³/mol. The van der Waals surface area contributed by atoms with Crippen LogP contribution in [-0.2, 0) is 14.3 Å². The number of hydrogen-bond acceptors (Lipinski definition) is 5. The molecule has 2 rings (SSSR count). The van der Waals surface area contributed by atoms with Crippen LogP contribution in [0, 0.1) is 22.0 Å². The lowest BCUT2D eigenvalue weighted by Gasteiger charge is -2.07. The standard InChI is InChI=1S/C13H13ClN2O5/c1-7-4-9(7)13(18)21-6-12(17)15-10-5-8(14)2-3-11(10)16(19)20/h2-3,5,7,9H,4,6H2,1H3,(H,15,17)/t7-,9-/m0/s1. The molecule has 8 heteroatoms. The quantitative estimate of drug-likeness (QED) is 0.511. The van der Waals surface area contributed by atoms with Gasteiger partial charge < -0.3 is 10.1 Å². The van der Waals surface area contributed by atoms with Gasteiger partial charge in [0.2, 0.25) is 0 Å². The first-order valence-electron chi connectivity index (χ1n) is 6.29.